The maximum Gasteiger partial charge on any atom is 0.253 e. The van der Waals surface area contributed by atoms with Crippen LogP contribution in [0, 0.1) is 0 Å². The molecule has 0 aromatic carbocycles. The molecule has 0 bridgehead atoms. The standard InChI is InChI=1S/C22H25N5O/c1-2-20-14-19(5-9-24-20)22(28)26-11-6-18(7-12-26)21-25-10-13-27(21)16-17-4-3-8-23-15-17/h3-5,8-10,13-15,18H,2,6-7,11-12,16H2,1H3. The zero-order chi connectivity index (χ0) is 19.3. The second-order valence-corrected chi connectivity index (χ2v) is 7.23. The van der Waals surface area contributed by atoms with Crippen molar-refractivity contribution >= 4 is 5.91 Å². The molecule has 0 saturated carbocycles. The normalized spacial score (nSPS) is 15.0. The van der Waals surface area contributed by atoms with Crippen LogP contribution < -0.4 is 0 Å². The fourth-order valence-corrected chi connectivity index (χ4v) is 3.83. The largest absolute Gasteiger partial charge is 0.339 e. The first-order valence-corrected chi connectivity index (χ1v) is 9.88. The van der Waals surface area contributed by atoms with Crippen LogP contribution in [0.25, 0.3) is 0 Å². The number of piperidine rings is 1. The quantitative estimate of drug-likeness (QED) is 0.686. The fourth-order valence-electron chi connectivity index (χ4n) is 3.83. The van der Waals surface area contributed by atoms with E-state index in [1.165, 1.54) is 5.56 Å². The second kappa shape index (κ2) is 8.33. The Morgan fingerprint density at radius 3 is 2.75 bits per heavy atom. The van der Waals surface area contributed by atoms with E-state index in [9.17, 15) is 4.79 Å². The first-order chi connectivity index (χ1) is 13.7. The molecule has 0 spiro atoms. The lowest BCUT2D eigenvalue weighted by Gasteiger charge is -2.32. The lowest BCUT2D eigenvalue weighted by molar-refractivity contribution is 0.0710. The maximum atomic E-state index is 12.8. The Hall–Kier alpha value is -3.02. The molecule has 144 valence electrons. The van der Waals surface area contributed by atoms with Gasteiger partial charge in [0.25, 0.3) is 5.91 Å². The summed E-state index contributed by atoms with van der Waals surface area (Å²) in [6.07, 6.45) is 12.0. The summed E-state index contributed by atoms with van der Waals surface area (Å²) in [5.74, 6) is 1.58. The van der Waals surface area contributed by atoms with E-state index >= 15 is 0 Å². The molecule has 28 heavy (non-hydrogen) atoms. The van der Waals surface area contributed by atoms with Gasteiger partial charge in [-0.15, -0.1) is 0 Å². The van der Waals surface area contributed by atoms with Crippen LogP contribution in [0.15, 0.2) is 55.2 Å². The maximum absolute atomic E-state index is 12.8. The average Bonchev–Trinajstić information content (AvgIpc) is 3.22. The number of amides is 1. The van der Waals surface area contributed by atoms with Gasteiger partial charge in [0.2, 0.25) is 0 Å². The molecule has 6 heteroatoms. The highest BCUT2D eigenvalue weighted by molar-refractivity contribution is 5.94. The Balaban J connectivity index is 1.41. The highest BCUT2D eigenvalue weighted by Crippen LogP contribution is 2.28. The molecule has 1 aliphatic heterocycles. The highest BCUT2D eigenvalue weighted by atomic mass is 16.2. The molecule has 0 N–H and O–H groups in total. The molecule has 1 fully saturated rings. The molecule has 3 aromatic rings. The number of aryl methyl sites for hydroxylation is 1. The van der Waals surface area contributed by atoms with Gasteiger partial charge in [-0.05, 0) is 43.0 Å². The topological polar surface area (TPSA) is 63.9 Å². The van der Waals surface area contributed by atoms with Gasteiger partial charge in [0.15, 0.2) is 0 Å². The van der Waals surface area contributed by atoms with E-state index in [2.05, 4.69) is 32.5 Å². The van der Waals surface area contributed by atoms with Crippen LogP contribution in [-0.4, -0.2) is 43.4 Å². The Bertz CT molecular complexity index is 929. The van der Waals surface area contributed by atoms with Crippen LogP contribution >= 0.6 is 0 Å². The van der Waals surface area contributed by atoms with Gasteiger partial charge >= 0.3 is 0 Å². The molecule has 4 rings (SSSR count). The summed E-state index contributed by atoms with van der Waals surface area (Å²) in [6, 6.07) is 7.76. The van der Waals surface area contributed by atoms with E-state index in [0.717, 1.165) is 56.0 Å². The summed E-state index contributed by atoms with van der Waals surface area (Å²) in [5, 5.41) is 0. The highest BCUT2D eigenvalue weighted by Gasteiger charge is 2.27. The zero-order valence-corrected chi connectivity index (χ0v) is 16.2. The zero-order valence-electron chi connectivity index (χ0n) is 16.2. The molecule has 0 unspecified atom stereocenters. The van der Waals surface area contributed by atoms with Crippen molar-refractivity contribution in [1.29, 1.82) is 0 Å². The smallest absolute Gasteiger partial charge is 0.253 e. The summed E-state index contributed by atoms with van der Waals surface area (Å²) in [5.41, 5.74) is 2.86. The number of likely N-dealkylation sites (tertiary alicyclic amines) is 1. The number of aromatic nitrogens is 4. The van der Waals surface area contributed by atoms with E-state index < -0.39 is 0 Å². The first kappa shape index (κ1) is 18.3. The third-order valence-corrected chi connectivity index (χ3v) is 5.40. The summed E-state index contributed by atoms with van der Waals surface area (Å²) in [6.45, 7) is 4.34. The van der Waals surface area contributed by atoms with Gasteiger partial charge in [-0.2, -0.15) is 0 Å². The van der Waals surface area contributed by atoms with E-state index in [0.29, 0.717) is 5.92 Å². The van der Waals surface area contributed by atoms with Gasteiger partial charge in [-0.1, -0.05) is 13.0 Å². The molecular formula is C22H25N5O. The van der Waals surface area contributed by atoms with Crippen LogP contribution in [0.5, 0.6) is 0 Å². The number of carbonyl (C=O) groups excluding carboxylic acids is 1. The molecule has 0 aliphatic carbocycles. The Morgan fingerprint density at radius 2 is 2.00 bits per heavy atom. The van der Waals surface area contributed by atoms with Crippen LogP contribution in [0.2, 0.25) is 0 Å². The lowest BCUT2D eigenvalue weighted by atomic mass is 9.95. The third-order valence-electron chi connectivity index (χ3n) is 5.40. The molecule has 6 nitrogen and oxygen atoms in total. The monoisotopic (exact) mass is 375 g/mol. The number of hydrogen-bond acceptors (Lipinski definition) is 4. The van der Waals surface area contributed by atoms with Crippen molar-refractivity contribution in [2.45, 2.75) is 38.6 Å². The molecule has 4 heterocycles. The van der Waals surface area contributed by atoms with E-state index in [4.69, 9.17) is 0 Å². The van der Waals surface area contributed by atoms with Crippen molar-refractivity contribution in [2.24, 2.45) is 0 Å². The number of rotatable bonds is 5. The predicted molar refractivity (Wildman–Crippen MR) is 107 cm³/mol. The number of nitrogens with zero attached hydrogens (tertiary/aromatic N) is 5. The Labute approximate surface area is 165 Å². The molecule has 1 amide bonds. The van der Waals surface area contributed by atoms with Crippen molar-refractivity contribution < 1.29 is 4.79 Å². The van der Waals surface area contributed by atoms with Gasteiger partial charge in [0, 0.05) is 61.2 Å². The van der Waals surface area contributed by atoms with Gasteiger partial charge in [0.1, 0.15) is 5.82 Å². The number of carbonyl (C=O) groups is 1. The first-order valence-electron chi connectivity index (χ1n) is 9.88. The van der Waals surface area contributed by atoms with Crippen LogP contribution in [0.4, 0.5) is 0 Å². The molecule has 3 aromatic heterocycles. The van der Waals surface area contributed by atoms with Crippen molar-refractivity contribution in [3.05, 3.63) is 77.9 Å². The summed E-state index contributed by atoms with van der Waals surface area (Å²) >= 11 is 0. The molecule has 1 saturated heterocycles. The minimum absolute atomic E-state index is 0.106. The SMILES string of the molecule is CCc1cc(C(=O)N2CCC(c3nccn3Cc3cccnc3)CC2)ccn1. The van der Waals surface area contributed by atoms with Gasteiger partial charge in [-0.3, -0.25) is 14.8 Å². The van der Waals surface area contributed by atoms with Crippen molar-refractivity contribution in [3.63, 3.8) is 0 Å². The minimum atomic E-state index is 0.106. The molecular weight excluding hydrogens is 350 g/mol. The van der Waals surface area contributed by atoms with Gasteiger partial charge < -0.3 is 9.47 Å². The van der Waals surface area contributed by atoms with Crippen molar-refractivity contribution in [2.75, 3.05) is 13.1 Å². The lowest BCUT2D eigenvalue weighted by Crippen LogP contribution is -2.38. The molecule has 1 aliphatic rings. The summed E-state index contributed by atoms with van der Waals surface area (Å²) < 4.78 is 2.20. The number of pyridine rings is 2. The van der Waals surface area contributed by atoms with Crippen molar-refractivity contribution in [1.82, 2.24) is 24.4 Å². The second-order valence-electron chi connectivity index (χ2n) is 7.23. The number of imidazole rings is 1. The van der Waals surface area contributed by atoms with Crippen LogP contribution in [0.1, 0.15) is 53.1 Å². The van der Waals surface area contributed by atoms with Crippen molar-refractivity contribution in [3.8, 4) is 0 Å². The Morgan fingerprint density at radius 1 is 1.14 bits per heavy atom. The average molecular weight is 375 g/mol. The van der Waals surface area contributed by atoms with Crippen LogP contribution in [0.3, 0.4) is 0 Å². The van der Waals surface area contributed by atoms with E-state index in [1.807, 2.05) is 41.7 Å². The van der Waals surface area contributed by atoms with Gasteiger partial charge in [-0.25, -0.2) is 4.98 Å². The van der Waals surface area contributed by atoms with E-state index in [-0.39, 0.29) is 5.91 Å². The van der Waals surface area contributed by atoms with E-state index in [1.54, 1.807) is 12.4 Å². The van der Waals surface area contributed by atoms with Gasteiger partial charge in [0.05, 0.1) is 6.54 Å². The minimum Gasteiger partial charge on any atom is -0.339 e. The third kappa shape index (κ3) is 3.96. The fraction of sp³-hybridized carbons (Fsp3) is 0.364. The number of hydrogen-bond donors (Lipinski definition) is 0. The summed E-state index contributed by atoms with van der Waals surface area (Å²) in [7, 11) is 0. The molecule has 0 radical (unpaired) electrons. The Kier molecular flexibility index (Phi) is 5.46. The summed E-state index contributed by atoms with van der Waals surface area (Å²) in [4.78, 5) is 27.9. The van der Waals surface area contributed by atoms with Crippen LogP contribution in [-0.2, 0) is 13.0 Å². The predicted octanol–water partition coefficient (Wildman–Crippen LogP) is 3.30. The molecule has 0 atom stereocenters.